The molecule has 0 heterocycles. The summed E-state index contributed by atoms with van der Waals surface area (Å²) in [5.74, 6) is -1.70. The number of nitro benzene ring substituents is 1. The van der Waals surface area contributed by atoms with E-state index in [1.54, 1.807) is 0 Å². The summed E-state index contributed by atoms with van der Waals surface area (Å²) in [6.45, 7) is 0. The van der Waals surface area contributed by atoms with E-state index in [1.807, 2.05) is 0 Å². The van der Waals surface area contributed by atoms with Crippen molar-refractivity contribution in [2.75, 3.05) is 0 Å². The van der Waals surface area contributed by atoms with Crippen molar-refractivity contribution >= 4 is 23.3 Å². The molecular formula is C8H5ClNNaO4. The zero-order valence-corrected chi connectivity index (χ0v) is 10.7. The van der Waals surface area contributed by atoms with Crippen LogP contribution in [0.2, 0.25) is 0 Å². The number of aromatic carboxylic acids is 1. The van der Waals surface area contributed by atoms with Crippen LogP contribution in [-0.2, 0) is 5.88 Å². The van der Waals surface area contributed by atoms with Gasteiger partial charge in [-0.05, 0) is 0 Å². The molecule has 0 bridgehead atoms. The molecule has 0 amide bonds. The van der Waals surface area contributed by atoms with E-state index < -0.39 is 10.9 Å². The van der Waals surface area contributed by atoms with Crippen LogP contribution in [0.3, 0.4) is 0 Å². The third-order valence-corrected chi connectivity index (χ3v) is 1.97. The molecule has 0 radical (unpaired) electrons. The summed E-state index contributed by atoms with van der Waals surface area (Å²) in [6.07, 6.45) is 0. The molecule has 0 aliphatic rings. The van der Waals surface area contributed by atoms with Crippen LogP contribution in [-0.4, -0.2) is 10.9 Å². The van der Waals surface area contributed by atoms with Gasteiger partial charge in [-0.25, -0.2) is 0 Å². The SMILES string of the molecule is O=C([O-])c1cccc([N+](=O)[O-])c1CCl.[Na+]. The van der Waals surface area contributed by atoms with Crippen LogP contribution >= 0.6 is 11.6 Å². The molecule has 0 saturated carbocycles. The molecule has 0 spiro atoms. The Morgan fingerprint density at radius 3 is 2.47 bits per heavy atom. The van der Waals surface area contributed by atoms with Crippen LogP contribution in [0.4, 0.5) is 5.69 Å². The monoisotopic (exact) mass is 237 g/mol. The van der Waals surface area contributed by atoms with Crippen molar-refractivity contribution in [1.82, 2.24) is 0 Å². The molecule has 74 valence electrons. The van der Waals surface area contributed by atoms with Crippen molar-refractivity contribution in [3.63, 3.8) is 0 Å². The third-order valence-electron chi connectivity index (χ3n) is 1.70. The number of nitro groups is 1. The predicted octanol–water partition coefficient (Wildman–Crippen LogP) is -2.30. The van der Waals surface area contributed by atoms with Gasteiger partial charge in [0.05, 0.1) is 22.3 Å². The van der Waals surface area contributed by atoms with Gasteiger partial charge >= 0.3 is 29.6 Å². The zero-order chi connectivity index (χ0) is 10.7. The molecule has 5 nitrogen and oxygen atoms in total. The van der Waals surface area contributed by atoms with E-state index >= 15 is 0 Å². The second-order valence-corrected chi connectivity index (χ2v) is 2.75. The molecule has 0 unspecified atom stereocenters. The fourth-order valence-corrected chi connectivity index (χ4v) is 1.36. The Balaban J connectivity index is 0.00000196. The molecule has 1 aromatic rings. The summed E-state index contributed by atoms with van der Waals surface area (Å²) < 4.78 is 0. The number of benzene rings is 1. The van der Waals surface area contributed by atoms with Crippen molar-refractivity contribution < 1.29 is 44.4 Å². The fraction of sp³-hybridized carbons (Fsp3) is 0.125. The Morgan fingerprint density at radius 1 is 1.47 bits per heavy atom. The number of nitrogens with zero attached hydrogens (tertiary/aromatic N) is 1. The maximum absolute atomic E-state index is 10.6. The van der Waals surface area contributed by atoms with Crippen molar-refractivity contribution in [2.45, 2.75) is 5.88 Å². The molecule has 1 aromatic carbocycles. The van der Waals surface area contributed by atoms with Gasteiger partial charge in [-0.3, -0.25) is 10.1 Å². The first-order valence-electron chi connectivity index (χ1n) is 3.61. The summed E-state index contributed by atoms with van der Waals surface area (Å²) >= 11 is 5.43. The minimum absolute atomic E-state index is 0. The number of carbonyl (C=O) groups excluding carboxylic acids is 1. The van der Waals surface area contributed by atoms with E-state index in [1.165, 1.54) is 18.2 Å². The molecule has 7 heteroatoms. The first-order chi connectivity index (χ1) is 6.57. The first kappa shape index (κ1) is 14.4. The molecule has 0 aliphatic heterocycles. The Morgan fingerprint density at radius 2 is 2.07 bits per heavy atom. The number of carbonyl (C=O) groups is 1. The second-order valence-electron chi connectivity index (χ2n) is 2.48. The van der Waals surface area contributed by atoms with Gasteiger partial charge in [0.2, 0.25) is 0 Å². The smallest absolute Gasteiger partial charge is 0.545 e. The average Bonchev–Trinajstić information content (AvgIpc) is 2.16. The molecule has 0 saturated heterocycles. The van der Waals surface area contributed by atoms with Gasteiger partial charge in [0.1, 0.15) is 0 Å². The summed E-state index contributed by atoms with van der Waals surface area (Å²) in [4.78, 5) is 20.4. The minimum atomic E-state index is -1.47. The molecule has 1 rings (SSSR count). The van der Waals surface area contributed by atoms with E-state index in [2.05, 4.69) is 0 Å². The van der Waals surface area contributed by atoms with E-state index in [4.69, 9.17) is 11.6 Å². The molecule has 0 atom stereocenters. The Bertz CT molecular complexity index is 364. The first-order valence-corrected chi connectivity index (χ1v) is 4.15. The summed E-state index contributed by atoms with van der Waals surface area (Å²) in [5.41, 5.74) is -0.574. The van der Waals surface area contributed by atoms with Gasteiger partial charge < -0.3 is 9.90 Å². The number of alkyl halides is 1. The van der Waals surface area contributed by atoms with Gasteiger partial charge in [-0.2, -0.15) is 0 Å². The van der Waals surface area contributed by atoms with Gasteiger partial charge in [0, 0.05) is 11.6 Å². The number of hydrogen-bond donors (Lipinski definition) is 0. The standard InChI is InChI=1S/C8H6ClNO4.Na/c9-4-6-5(8(11)12)2-1-3-7(6)10(13)14;/h1-3H,4H2,(H,11,12);/q;+1/p-1. The van der Waals surface area contributed by atoms with Crippen molar-refractivity contribution in [2.24, 2.45) is 0 Å². The van der Waals surface area contributed by atoms with Crippen LogP contribution in [0.1, 0.15) is 15.9 Å². The zero-order valence-electron chi connectivity index (χ0n) is 7.90. The van der Waals surface area contributed by atoms with Crippen molar-refractivity contribution in [1.29, 1.82) is 0 Å². The predicted molar refractivity (Wildman–Crippen MR) is 47.0 cm³/mol. The average molecular weight is 238 g/mol. The second kappa shape index (κ2) is 6.07. The Kier molecular flexibility index (Phi) is 5.82. The summed E-state index contributed by atoms with van der Waals surface area (Å²) in [5, 5.41) is 21.1. The number of rotatable bonds is 3. The van der Waals surface area contributed by atoms with E-state index in [0.29, 0.717) is 0 Å². The topological polar surface area (TPSA) is 83.3 Å². The van der Waals surface area contributed by atoms with Gasteiger partial charge in [-0.1, -0.05) is 12.1 Å². The fourth-order valence-electron chi connectivity index (χ4n) is 1.08. The van der Waals surface area contributed by atoms with Crippen LogP contribution in [0, 0.1) is 10.1 Å². The van der Waals surface area contributed by atoms with E-state index in [0.717, 1.165) is 0 Å². The molecule has 0 fully saturated rings. The number of hydrogen-bond acceptors (Lipinski definition) is 4. The molecule has 0 N–H and O–H groups in total. The normalized spacial score (nSPS) is 9.13. The molecule has 0 aliphatic carbocycles. The van der Waals surface area contributed by atoms with E-state index in [-0.39, 0.29) is 52.3 Å². The summed E-state index contributed by atoms with van der Waals surface area (Å²) in [7, 11) is 0. The largest absolute Gasteiger partial charge is 1.00 e. The van der Waals surface area contributed by atoms with Gasteiger partial charge in [0.15, 0.2) is 0 Å². The Hall–Kier alpha value is -0.620. The summed E-state index contributed by atoms with van der Waals surface area (Å²) in [6, 6.07) is 3.70. The molecule has 15 heavy (non-hydrogen) atoms. The minimum Gasteiger partial charge on any atom is -0.545 e. The van der Waals surface area contributed by atoms with Crippen LogP contribution in [0.15, 0.2) is 18.2 Å². The van der Waals surface area contributed by atoms with Crippen LogP contribution in [0.5, 0.6) is 0 Å². The number of carboxylic acid groups (broad SMARTS) is 1. The maximum atomic E-state index is 10.6. The van der Waals surface area contributed by atoms with Crippen molar-refractivity contribution in [3.8, 4) is 0 Å². The third kappa shape index (κ3) is 3.17. The van der Waals surface area contributed by atoms with Crippen LogP contribution < -0.4 is 34.7 Å². The van der Waals surface area contributed by atoms with Crippen LogP contribution in [0.25, 0.3) is 0 Å². The van der Waals surface area contributed by atoms with Gasteiger partial charge in [-0.15, -0.1) is 11.6 Å². The molecule has 0 aromatic heterocycles. The van der Waals surface area contributed by atoms with Crippen molar-refractivity contribution in [3.05, 3.63) is 39.4 Å². The Labute approximate surface area is 112 Å². The quantitative estimate of drug-likeness (QED) is 0.256. The number of halogens is 1. The number of carboxylic acids is 1. The molecular weight excluding hydrogens is 233 g/mol. The maximum Gasteiger partial charge on any atom is 1.00 e. The van der Waals surface area contributed by atoms with Gasteiger partial charge in [0.25, 0.3) is 5.69 Å². The van der Waals surface area contributed by atoms with E-state index in [9.17, 15) is 20.0 Å².